The van der Waals surface area contributed by atoms with Crippen molar-refractivity contribution in [1.29, 1.82) is 0 Å². The fourth-order valence-electron chi connectivity index (χ4n) is 2.80. The van der Waals surface area contributed by atoms with E-state index >= 15 is 0 Å². The molecule has 2 heterocycles. The average Bonchev–Trinajstić information content (AvgIpc) is 3.20. The van der Waals surface area contributed by atoms with E-state index in [0.29, 0.717) is 5.69 Å². The zero-order valence-corrected chi connectivity index (χ0v) is 12.3. The van der Waals surface area contributed by atoms with Gasteiger partial charge in [-0.1, -0.05) is 12.1 Å². The molecular weight excluding hydrogens is 262 g/mol. The van der Waals surface area contributed by atoms with E-state index in [1.165, 1.54) is 18.5 Å². The van der Waals surface area contributed by atoms with Gasteiger partial charge in [0.15, 0.2) is 0 Å². The Balaban J connectivity index is 1.70. The minimum Gasteiger partial charge on any atom is -0.372 e. The van der Waals surface area contributed by atoms with Gasteiger partial charge in [0.1, 0.15) is 5.69 Å². The zero-order chi connectivity index (χ0) is 14.7. The molecular formula is C17H21N3O. The van der Waals surface area contributed by atoms with E-state index in [1.807, 2.05) is 13.0 Å². The lowest BCUT2D eigenvalue weighted by Gasteiger charge is -2.20. The van der Waals surface area contributed by atoms with Crippen molar-refractivity contribution in [2.24, 2.45) is 0 Å². The summed E-state index contributed by atoms with van der Waals surface area (Å²) < 4.78 is 0. The van der Waals surface area contributed by atoms with Crippen LogP contribution in [0.1, 0.15) is 41.9 Å². The highest BCUT2D eigenvalue weighted by molar-refractivity contribution is 5.92. The Morgan fingerprint density at radius 3 is 2.76 bits per heavy atom. The van der Waals surface area contributed by atoms with Gasteiger partial charge in [-0.05, 0) is 49.6 Å². The molecule has 0 radical (unpaired) electrons. The second-order valence-corrected chi connectivity index (χ2v) is 5.57. The number of nitrogens with zero attached hydrogens (tertiary/aromatic N) is 1. The molecule has 0 unspecified atom stereocenters. The number of hydrogen-bond donors (Lipinski definition) is 2. The van der Waals surface area contributed by atoms with Gasteiger partial charge in [0.05, 0.1) is 6.04 Å². The maximum atomic E-state index is 12.1. The first-order valence-corrected chi connectivity index (χ1v) is 7.53. The van der Waals surface area contributed by atoms with Crippen molar-refractivity contribution >= 4 is 11.6 Å². The SMILES string of the molecule is C[C@@H](NC(=O)c1ccc[nH]1)c1cccc(N2CCCC2)c1. The Bertz CT molecular complexity index is 600. The fraction of sp³-hybridized carbons (Fsp3) is 0.353. The molecule has 110 valence electrons. The topological polar surface area (TPSA) is 48.1 Å². The number of aromatic nitrogens is 1. The summed E-state index contributed by atoms with van der Waals surface area (Å²) in [5.41, 5.74) is 2.99. The minimum absolute atomic E-state index is 0.0108. The van der Waals surface area contributed by atoms with Gasteiger partial charge in [-0.3, -0.25) is 4.79 Å². The molecule has 21 heavy (non-hydrogen) atoms. The lowest BCUT2D eigenvalue weighted by atomic mass is 10.1. The third kappa shape index (κ3) is 3.10. The van der Waals surface area contributed by atoms with Gasteiger partial charge in [0.25, 0.3) is 5.91 Å². The number of amides is 1. The molecule has 0 aliphatic carbocycles. The molecule has 3 rings (SSSR count). The molecule has 1 fully saturated rings. The van der Waals surface area contributed by atoms with Crippen LogP contribution in [0.15, 0.2) is 42.6 Å². The van der Waals surface area contributed by atoms with Crippen LogP contribution in [0.4, 0.5) is 5.69 Å². The van der Waals surface area contributed by atoms with Crippen molar-refractivity contribution < 1.29 is 4.79 Å². The van der Waals surface area contributed by atoms with Crippen molar-refractivity contribution in [2.45, 2.75) is 25.8 Å². The van der Waals surface area contributed by atoms with Crippen LogP contribution in [0.2, 0.25) is 0 Å². The summed E-state index contributed by atoms with van der Waals surface area (Å²) in [6, 6.07) is 12.1. The average molecular weight is 283 g/mol. The summed E-state index contributed by atoms with van der Waals surface area (Å²) in [5.74, 6) is -0.0703. The van der Waals surface area contributed by atoms with E-state index in [1.54, 1.807) is 12.3 Å². The predicted octanol–water partition coefficient (Wildman–Crippen LogP) is 3.11. The fourth-order valence-corrected chi connectivity index (χ4v) is 2.80. The van der Waals surface area contributed by atoms with E-state index in [4.69, 9.17) is 0 Å². The molecule has 1 aromatic heterocycles. The number of benzene rings is 1. The standard InChI is InChI=1S/C17H21N3O/c1-13(19-17(21)16-8-5-9-18-16)14-6-4-7-15(12-14)20-10-2-3-11-20/h4-9,12-13,18H,2-3,10-11H2,1H3,(H,19,21)/t13-/m1/s1. The van der Waals surface area contributed by atoms with Crippen molar-refractivity contribution in [3.05, 3.63) is 53.9 Å². The van der Waals surface area contributed by atoms with Crippen molar-refractivity contribution in [1.82, 2.24) is 10.3 Å². The Kier molecular flexibility index (Phi) is 3.95. The number of rotatable bonds is 4. The van der Waals surface area contributed by atoms with Crippen molar-refractivity contribution in [3.63, 3.8) is 0 Å². The molecule has 1 aliphatic rings. The normalized spacial score (nSPS) is 16.0. The number of carbonyl (C=O) groups excluding carboxylic acids is 1. The Labute approximate surface area is 125 Å². The number of anilines is 1. The van der Waals surface area contributed by atoms with Crippen molar-refractivity contribution in [3.8, 4) is 0 Å². The maximum absolute atomic E-state index is 12.1. The highest BCUT2D eigenvalue weighted by atomic mass is 16.1. The third-order valence-electron chi connectivity index (χ3n) is 4.03. The van der Waals surface area contributed by atoms with E-state index in [2.05, 4.69) is 39.5 Å². The van der Waals surface area contributed by atoms with Gasteiger partial charge in [-0.15, -0.1) is 0 Å². The molecule has 4 nitrogen and oxygen atoms in total. The lowest BCUT2D eigenvalue weighted by Crippen LogP contribution is -2.27. The molecule has 0 spiro atoms. The van der Waals surface area contributed by atoms with Crippen LogP contribution in [-0.4, -0.2) is 24.0 Å². The number of hydrogen-bond acceptors (Lipinski definition) is 2. The Morgan fingerprint density at radius 2 is 2.05 bits per heavy atom. The zero-order valence-electron chi connectivity index (χ0n) is 12.3. The van der Waals surface area contributed by atoms with Gasteiger partial charge >= 0.3 is 0 Å². The number of carbonyl (C=O) groups is 1. The Morgan fingerprint density at radius 1 is 1.24 bits per heavy atom. The molecule has 2 aromatic rings. The molecule has 1 aliphatic heterocycles. The second kappa shape index (κ2) is 6.04. The largest absolute Gasteiger partial charge is 0.372 e. The van der Waals surface area contributed by atoms with E-state index in [-0.39, 0.29) is 11.9 Å². The van der Waals surface area contributed by atoms with E-state index < -0.39 is 0 Å². The number of H-pyrrole nitrogens is 1. The smallest absolute Gasteiger partial charge is 0.268 e. The predicted molar refractivity (Wildman–Crippen MR) is 84.6 cm³/mol. The molecule has 0 bridgehead atoms. The lowest BCUT2D eigenvalue weighted by molar-refractivity contribution is 0.0935. The molecule has 1 aromatic carbocycles. The molecule has 0 saturated carbocycles. The van der Waals surface area contributed by atoms with E-state index in [9.17, 15) is 4.79 Å². The van der Waals surface area contributed by atoms with Crippen LogP contribution in [-0.2, 0) is 0 Å². The summed E-state index contributed by atoms with van der Waals surface area (Å²) in [6.45, 7) is 4.28. The summed E-state index contributed by atoms with van der Waals surface area (Å²) in [6.07, 6.45) is 4.29. The maximum Gasteiger partial charge on any atom is 0.268 e. The summed E-state index contributed by atoms with van der Waals surface area (Å²) in [4.78, 5) is 17.4. The van der Waals surface area contributed by atoms with Gasteiger partial charge in [0, 0.05) is 25.0 Å². The highest BCUT2D eigenvalue weighted by Gasteiger charge is 2.15. The molecule has 1 amide bonds. The number of aromatic amines is 1. The highest BCUT2D eigenvalue weighted by Crippen LogP contribution is 2.24. The van der Waals surface area contributed by atoms with Gasteiger partial charge in [-0.2, -0.15) is 0 Å². The second-order valence-electron chi connectivity index (χ2n) is 5.57. The molecule has 1 atom stereocenters. The van der Waals surface area contributed by atoms with Gasteiger partial charge < -0.3 is 15.2 Å². The van der Waals surface area contributed by atoms with Gasteiger partial charge in [0.2, 0.25) is 0 Å². The first-order chi connectivity index (χ1) is 10.2. The van der Waals surface area contributed by atoms with Crippen LogP contribution >= 0.6 is 0 Å². The summed E-state index contributed by atoms with van der Waals surface area (Å²) >= 11 is 0. The summed E-state index contributed by atoms with van der Waals surface area (Å²) in [7, 11) is 0. The van der Waals surface area contributed by atoms with Crippen LogP contribution in [0, 0.1) is 0 Å². The van der Waals surface area contributed by atoms with Crippen LogP contribution in [0.5, 0.6) is 0 Å². The van der Waals surface area contributed by atoms with E-state index in [0.717, 1.165) is 18.7 Å². The van der Waals surface area contributed by atoms with Crippen molar-refractivity contribution in [2.75, 3.05) is 18.0 Å². The third-order valence-corrected chi connectivity index (χ3v) is 4.03. The molecule has 4 heteroatoms. The van der Waals surface area contributed by atoms with Crippen LogP contribution in [0.25, 0.3) is 0 Å². The molecule has 1 saturated heterocycles. The van der Waals surface area contributed by atoms with Crippen LogP contribution < -0.4 is 10.2 Å². The molecule has 2 N–H and O–H groups in total. The van der Waals surface area contributed by atoms with Gasteiger partial charge in [-0.25, -0.2) is 0 Å². The first kappa shape index (κ1) is 13.7. The monoisotopic (exact) mass is 283 g/mol. The minimum atomic E-state index is -0.0703. The Hall–Kier alpha value is -2.23. The first-order valence-electron chi connectivity index (χ1n) is 7.53. The summed E-state index contributed by atoms with van der Waals surface area (Å²) in [5, 5.41) is 3.03. The number of nitrogens with one attached hydrogen (secondary N) is 2. The quantitative estimate of drug-likeness (QED) is 0.905. The van der Waals surface area contributed by atoms with Crippen LogP contribution in [0.3, 0.4) is 0 Å².